The minimum atomic E-state index is -0.125. The lowest BCUT2D eigenvalue weighted by atomic mass is 9.88. The number of nitrogens with one attached hydrogen (secondary N) is 1. The highest BCUT2D eigenvalue weighted by atomic mass is 16.5. The van der Waals surface area contributed by atoms with Crippen LogP contribution in [0.5, 0.6) is 0 Å². The topological polar surface area (TPSA) is 48.6 Å². The maximum absolute atomic E-state index is 12.1. The third-order valence-corrected chi connectivity index (χ3v) is 6.06. The Morgan fingerprint density at radius 2 is 2.00 bits per heavy atom. The van der Waals surface area contributed by atoms with E-state index in [1.54, 1.807) is 0 Å². The van der Waals surface area contributed by atoms with Crippen molar-refractivity contribution in [2.24, 2.45) is 5.92 Å². The van der Waals surface area contributed by atoms with Crippen molar-refractivity contribution in [3.8, 4) is 0 Å². The third-order valence-electron chi connectivity index (χ3n) is 6.06. The minimum Gasteiger partial charge on any atom is -0.363 e. The van der Waals surface area contributed by atoms with Crippen LogP contribution in [0.15, 0.2) is 30.5 Å². The predicted molar refractivity (Wildman–Crippen MR) is 108 cm³/mol. The second-order valence-corrected chi connectivity index (χ2v) is 8.59. The number of carbonyl (C=O) groups is 1. The number of aromatic nitrogens is 1. The molecule has 1 aromatic heterocycles. The van der Waals surface area contributed by atoms with Gasteiger partial charge in [0.1, 0.15) is 6.61 Å². The van der Waals surface area contributed by atoms with Crippen LogP contribution in [0.25, 0.3) is 10.9 Å². The number of para-hydroxylation sites is 1. The van der Waals surface area contributed by atoms with Crippen LogP contribution in [0.3, 0.4) is 0 Å². The number of H-pyrrole nitrogens is 1. The molecular formula is C22H31N3O2. The first-order valence-corrected chi connectivity index (χ1v) is 10.2. The molecule has 27 heavy (non-hydrogen) atoms. The van der Waals surface area contributed by atoms with Crippen molar-refractivity contribution in [1.82, 2.24) is 14.8 Å². The second kappa shape index (κ2) is 7.64. The molecule has 5 heteroatoms. The van der Waals surface area contributed by atoms with E-state index in [4.69, 9.17) is 4.74 Å². The highest BCUT2D eigenvalue weighted by Gasteiger charge is 2.42. The SMILES string of the molecule is CC(C)CN1CC2(CCN(CCc3c[nH]c4ccccc34)CC2)OCC1=O. The summed E-state index contributed by atoms with van der Waals surface area (Å²) in [5.41, 5.74) is 2.49. The molecule has 5 nitrogen and oxygen atoms in total. The van der Waals surface area contributed by atoms with Crippen LogP contribution < -0.4 is 0 Å². The van der Waals surface area contributed by atoms with Gasteiger partial charge in [-0.3, -0.25) is 4.79 Å². The van der Waals surface area contributed by atoms with Crippen LogP contribution in [-0.2, 0) is 16.0 Å². The minimum absolute atomic E-state index is 0.125. The Labute approximate surface area is 161 Å². The lowest BCUT2D eigenvalue weighted by Gasteiger charge is -2.47. The van der Waals surface area contributed by atoms with E-state index in [1.165, 1.54) is 16.5 Å². The number of piperidine rings is 1. The third kappa shape index (κ3) is 4.04. The van der Waals surface area contributed by atoms with Gasteiger partial charge in [0.05, 0.1) is 5.60 Å². The van der Waals surface area contributed by atoms with Crippen LogP contribution in [0, 0.1) is 5.92 Å². The molecule has 0 aliphatic carbocycles. The second-order valence-electron chi connectivity index (χ2n) is 8.59. The van der Waals surface area contributed by atoms with Crippen molar-refractivity contribution in [3.63, 3.8) is 0 Å². The first kappa shape index (κ1) is 18.5. The first-order valence-electron chi connectivity index (χ1n) is 10.2. The molecule has 1 amide bonds. The molecule has 1 spiro atoms. The number of carbonyl (C=O) groups excluding carboxylic acids is 1. The van der Waals surface area contributed by atoms with Crippen LogP contribution in [0.4, 0.5) is 0 Å². The number of rotatable bonds is 5. The Kier molecular flexibility index (Phi) is 5.24. The fourth-order valence-electron chi connectivity index (χ4n) is 4.50. The number of ether oxygens (including phenoxy) is 1. The number of benzene rings is 1. The van der Waals surface area contributed by atoms with Gasteiger partial charge in [-0.05, 0) is 36.8 Å². The van der Waals surface area contributed by atoms with Gasteiger partial charge in [0.15, 0.2) is 0 Å². The van der Waals surface area contributed by atoms with Gasteiger partial charge >= 0.3 is 0 Å². The number of amides is 1. The summed E-state index contributed by atoms with van der Waals surface area (Å²) in [5.74, 6) is 0.649. The molecule has 2 saturated heterocycles. The van der Waals surface area contributed by atoms with Gasteiger partial charge in [0.2, 0.25) is 5.91 Å². The van der Waals surface area contributed by atoms with Crippen LogP contribution >= 0.6 is 0 Å². The summed E-state index contributed by atoms with van der Waals surface area (Å²) in [6, 6.07) is 8.51. The van der Waals surface area contributed by atoms with Gasteiger partial charge in [0.25, 0.3) is 0 Å². The smallest absolute Gasteiger partial charge is 0.248 e. The van der Waals surface area contributed by atoms with Crippen LogP contribution in [0.1, 0.15) is 32.3 Å². The lowest BCUT2D eigenvalue weighted by molar-refractivity contribution is -0.172. The first-order chi connectivity index (χ1) is 13.0. The molecule has 2 aliphatic heterocycles. The molecule has 1 N–H and O–H groups in total. The Bertz CT molecular complexity index is 790. The highest BCUT2D eigenvalue weighted by Crippen LogP contribution is 2.31. The fraction of sp³-hybridized carbons (Fsp3) is 0.591. The van der Waals surface area contributed by atoms with E-state index in [9.17, 15) is 4.79 Å². The Morgan fingerprint density at radius 3 is 2.78 bits per heavy atom. The molecule has 2 fully saturated rings. The highest BCUT2D eigenvalue weighted by molar-refractivity contribution is 5.83. The molecule has 0 saturated carbocycles. The van der Waals surface area contributed by atoms with Crippen LogP contribution in [-0.4, -0.2) is 65.6 Å². The Morgan fingerprint density at radius 1 is 1.22 bits per heavy atom. The normalized spacial score (nSPS) is 20.9. The number of aromatic amines is 1. The summed E-state index contributed by atoms with van der Waals surface area (Å²) in [6.45, 7) is 9.37. The number of hydrogen-bond donors (Lipinski definition) is 1. The summed E-state index contributed by atoms with van der Waals surface area (Å²) in [4.78, 5) is 20.1. The summed E-state index contributed by atoms with van der Waals surface area (Å²) >= 11 is 0. The van der Waals surface area contributed by atoms with Gasteiger partial charge in [0, 0.05) is 49.8 Å². The molecule has 2 aromatic rings. The molecular weight excluding hydrogens is 338 g/mol. The zero-order chi connectivity index (χ0) is 18.9. The van der Waals surface area contributed by atoms with Crippen LogP contribution in [0.2, 0.25) is 0 Å². The van der Waals surface area contributed by atoms with E-state index >= 15 is 0 Å². The number of nitrogens with zero attached hydrogens (tertiary/aromatic N) is 2. The standard InChI is InChI=1S/C22H31N3O2/c1-17(2)14-25-16-22(27-15-21(25)26)8-11-24(12-9-22)10-7-18-13-23-20-6-4-3-5-19(18)20/h3-6,13,17,23H,7-12,14-16H2,1-2H3. The zero-order valence-corrected chi connectivity index (χ0v) is 16.5. The van der Waals surface area contributed by atoms with Gasteiger partial charge in [-0.1, -0.05) is 32.0 Å². The van der Waals surface area contributed by atoms with Crippen molar-refractivity contribution < 1.29 is 9.53 Å². The van der Waals surface area contributed by atoms with E-state index < -0.39 is 0 Å². The molecule has 0 radical (unpaired) electrons. The zero-order valence-electron chi connectivity index (χ0n) is 16.5. The summed E-state index contributed by atoms with van der Waals surface area (Å²) in [6.07, 6.45) is 5.25. The van der Waals surface area contributed by atoms with Crippen molar-refractivity contribution in [2.45, 2.75) is 38.7 Å². The average molecular weight is 370 g/mol. The fourth-order valence-corrected chi connectivity index (χ4v) is 4.50. The largest absolute Gasteiger partial charge is 0.363 e. The molecule has 146 valence electrons. The average Bonchev–Trinajstić information content (AvgIpc) is 3.07. The van der Waals surface area contributed by atoms with Crippen molar-refractivity contribution in [2.75, 3.05) is 39.3 Å². The van der Waals surface area contributed by atoms with E-state index in [1.807, 2.05) is 4.90 Å². The molecule has 3 heterocycles. The van der Waals surface area contributed by atoms with E-state index in [2.05, 4.69) is 54.2 Å². The molecule has 0 bridgehead atoms. The summed E-state index contributed by atoms with van der Waals surface area (Å²) in [5, 5.41) is 1.34. The molecule has 1 aromatic carbocycles. The number of morpholine rings is 1. The molecule has 0 atom stereocenters. The van der Waals surface area contributed by atoms with Crippen molar-refractivity contribution in [3.05, 3.63) is 36.0 Å². The van der Waals surface area contributed by atoms with Crippen molar-refractivity contribution in [1.29, 1.82) is 0 Å². The summed E-state index contributed by atoms with van der Waals surface area (Å²) in [7, 11) is 0. The van der Waals surface area contributed by atoms with Crippen molar-refractivity contribution >= 4 is 16.8 Å². The quantitative estimate of drug-likeness (QED) is 0.881. The lowest BCUT2D eigenvalue weighted by Crippen LogP contribution is -2.59. The molecule has 0 unspecified atom stereocenters. The van der Waals surface area contributed by atoms with Gasteiger partial charge < -0.3 is 19.5 Å². The van der Waals surface area contributed by atoms with E-state index in [-0.39, 0.29) is 18.1 Å². The monoisotopic (exact) mass is 369 g/mol. The predicted octanol–water partition coefficient (Wildman–Crippen LogP) is 3.06. The van der Waals surface area contributed by atoms with E-state index in [0.29, 0.717) is 5.92 Å². The van der Waals surface area contributed by atoms with Gasteiger partial charge in [-0.2, -0.15) is 0 Å². The van der Waals surface area contributed by atoms with Gasteiger partial charge in [-0.25, -0.2) is 0 Å². The maximum atomic E-state index is 12.1. The molecule has 4 rings (SSSR count). The Balaban J connectivity index is 1.31. The van der Waals surface area contributed by atoms with E-state index in [0.717, 1.165) is 52.0 Å². The number of fused-ring (bicyclic) bond motifs is 1. The number of likely N-dealkylation sites (tertiary alicyclic amines) is 1. The number of hydrogen-bond acceptors (Lipinski definition) is 3. The molecule has 2 aliphatic rings. The Hall–Kier alpha value is -1.85. The van der Waals surface area contributed by atoms with Gasteiger partial charge in [-0.15, -0.1) is 0 Å². The summed E-state index contributed by atoms with van der Waals surface area (Å²) < 4.78 is 6.06. The maximum Gasteiger partial charge on any atom is 0.248 e.